The van der Waals surface area contributed by atoms with Crippen LogP contribution in [-0.2, 0) is 23.6 Å². The fourth-order valence-electron chi connectivity index (χ4n) is 8.73. The third-order valence-electron chi connectivity index (χ3n) is 14.3. The van der Waals surface area contributed by atoms with Crippen LogP contribution < -0.4 is 42.8 Å². The van der Waals surface area contributed by atoms with E-state index in [-0.39, 0.29) is 36.2 Å². The Bertz CT molecular complexity index is 2500. The van der Waals surface area contributed by atoms with Gasteiger partial charge in [-0.1, -0.05) is 196 Å². The minimum absolute atomic E-state index is 0. The second-order valence-corrected chi connectivity index (χ2v) is 23.5. The van der Waals surface area contributed by atoms with Gasteiger partial charge in [0, 0.05) is 66.0 Å². The van der Waals surface area contributed by atoms with Crippen molar-refractivity contribution < 1.29 is 4.79 Å². The van der Waals surface area contributed by atoms with Crippen molar-refractivity contribution in [3.63, 3.8) is 0 Å². The first kappa shape index (κ1) is 72.7. The molecule has 1 aliphatic rings. The number of hydrogen-bond donors (Lipinski definition) is 7. The summed E-state index contributed by atoms with van der Waals surface area (Å²) in [7, 11) is 0. The van der Waals surface area contributed by atoms with E-state index in [0.717, 1.165) is 116 Å². The van der Waals surface area contributed by atoms with Crippen molar-refractivity contribution in [1.29, 1.82) is 0 Å². The Morgan fingerprint density at radius 3 is 2.06 bits per heavy atom. The lowest BCUT2D eigenvalue weighted by Crippen LogP contribution is -2.37. The SMILES string of the molecule is C.C=C(C)c1cc(C(C)N=S)ccc1C1=c2ccc(=C)cc2Cc2ccccc21.C=C(N)CCC(NC(=C)CCC)C(=C)NCC(=C)NCCC(C)(C)CCC(C)(C)CNC(=O)CCCC.C=CNC(C)C(C)C(C)S.CC. The highest BCUT2D eigenvalue weighted by Gasteiger charge is 2.26. The lowest BCUT2D eigenvalue weighted by molar-refractivity contribution is -0.121. The summed E-state index contributed by atoms with van der Waals surface area (Å²) in [5, 5.41) is 19.4. The van der Waals surface area contributed by atoms with Crippen LogP contribution in [0.1, 0.15) is 201 Å². The largest absolute Gasteiger partial charge is 0.403 e. The number of amides is 1. The fourth-order valence-corrected chi connectivity index (χ4v) is 9.11. The molecule has 5 atom stereocenters. The highest BCUT2D eigenvalue weighted by Crippen LogP contribution is 2.35. The number of allylic oxidation sites excluding steroid dienone is 3. The Kier molecular flexibility index (Phi) is 35.0. The summed E-state index contributed by atoms with van der Waals surface area (Å²) in [5.74, 6) is 0.743. The van der Waals surface area contributed by atoms with E-state index in [2.05, 4.69) is 220 Å². The van der Waals surface area contributed by atoms with Crippen molar-refractivity contribution in [2.75, 3.05) is 19.6 Å². The maximum absolute atomic E-state index is 12.0. The van der Waals surface area contributed by atoms with Crippen LogP contribution in [0.25, 0.3) is 17.7 Å². The summed E-state index contributed by atoms with van der Waals surface area (Å²) in [4.78, 5) is 12.0. The summed E-state index contributed by atoms with van der Waals surface area (Å²) in [6.07, 6.45) is 12.1. The molecule has 78 heavy (non-hydrogen) atoms. The minimum Gasteiger partial charge on any atom is -0.403 e. The van der Waals surface area contributed by atoms with E-state index in [4.69, 9.17) is 18.2 Å². The third kappa shape index (κ3) is 26.6. The van der Waals surface area contributed by atoms with Crippen LogP contribution in [0.5, 0.6) is 0 Å². The second-order valence-electron chi connectivity index (χ2n) is 22.4. The molecule has 8 nitrogen and oxygen atoms in total. The molecular formula is C68H109N7OS2. The van der Waals surface area contributed by atoms with Crippen molar-refractivity contribution in [3.05, 3.63) is 173 Å². The standard InChI is InChI=1S/C31H59N5O.C26H23NS.C8H17NS.C2H6.CH4/c1-11-13-15-29(37)35-23-31(9,10)19-18-30(7,8)20-21-33-26(5)22-34-27(6)28(17-16-24(3)32)36-25(4)14-12-2;1-16(2)25-15-19(18(4)27-28)10-12-24(25)26-22-8-6-5-7-20(22)14-21-13-17(3)9-11-23(21)26;1-5-9-7(3)6(2)8(4)10;1-2;/h28,33-34,36H,3-6,11-23,32H2,1-2,7-10H3,(H,35,37);5-13,15,18H,1,3,14H2,2,4H3;5-10H,1H2,2-4H3;1-2H3;1H4. The fraction of sp³-hybridized carbons (Fsp3) is 0.515. The number of carbonyl (C=O) groups is 1. The quantitative estimate of drug-likeness (QED) is 0.0251. The summed E-state index contributed by atoms with van der Waals surface area (Å²) in [6, 6.07) is 22.2. The normalized spacial score (nSPS) is 13.2. The Balaban J connectivity index is 0.00000127. The summed E-state index contributed by atoms with van der Waals surface area (Å²) < 4.78 is 4.02. The Labute approximate surface area is 488 Å². The topological polar surface area (TPSA) is 116 Å². The average molecular weight is 1100 g/mol. The number of hydrogen-bond acceptors (Lipinski definition) is 9. The maximum atomic E-state index is 12.0. The van der Waals surface area contributed by atoms with Crippen LogP contribution in [0.2, 0.25) is 0 Å². The average Bonchev–Trinajstić information content (AvgIpc) is 3.39. The smallest absolute Gasteiger partial charge is 0.220 e. The van der Waals surface area contributed by atoms with Gasteiger partial charge in [0.2, 0.25) is 5.91 Å². The van der Waals surface area contributed by atoms with E-state index >= 15 is 0 Å². The zero-order valence-electron chi connectivity index (χ0n) is 50.4. The highest BCUT2D eigenvalue weighted by atomic mass is 32.1. The van der Waals surface area contributed by atoms with Crippen molar-refractivity contribution >= 4 is 48.7 Å². The van der Waals surface area contributed by atoms with Gasteiger partial charge in [-0.3, -0.25) is 4.79 Å². The zero-order chi connectivity index (χ0) is 58.5. The monoisotopic (exact) mass is 1100 g/mol. The number of thiol groups is 1. The predicted molar refractivity (Wildman–Crippen MR) is 352 cm³/mol. The molecule has 0 heterocycles. The summed E-state index contributed by atoms with van der Waals surface area (Å²) in [5.41, 5.74) is 19.4. The van der Waals surface area contributed by atoms with Gasteiger partial charge in [0.25, 0.3) is 0 Å². The van der Waals surface area contributed by atoms with Crippen molar-refractivity contribution in [2.24, 2.45) is 26.8 Å². The number of benzene rings is 3. The molecule has 3 aromatic rings. The van der Waals surface area contributed by atoms with Gasteiger partial charge in [0.15, 0.2) is 0 Å². The molecule has 1 amide bonds. The molecule has 0 aliphatic heterocycles. The molecule has 10 heteroatoms. The number of nitrogens with zero attached hydrogens (tertiary/aromatic N) is 1. The van der Waals surface area contributed by atoms with Crippen LogP contribution >= 0.6 is 12.6 Å². The van der Waals surface area contributed by atoms with E-state index in [1.807, 2.05) is 20.8 Å². The van der Waals surface area contributed by atoms with Crippen LogP contribution in [0.15, 0.2) is 133 Å². The summed E-state index contributed by atoms with van der Waals surface area (Å²) >= 11 is 9.28. The van der Waals surface area contributed by atoms with Crippen LogP contribution in [-0.4, -0.2) is 42.9 Å². The molecule has 1 aliphatic carbocycles. The number of nitrogens with one attached hydrogen (secondary N) is 5. The van der Waals surface area contributed by atoms with Crippen LogP contribution in [0, 0.1) is 16.7 Å². The van der Waals surface area contributed by atoms with Gasteiger partial charge >= 0.3 is 0 Å². The van der Waals surface area contributed by atoms with Gasteiger partial charge in [0.05, 0.1) is 18.6 Å². The first-order valence-corrected chi connectivity index (χ1v) is 29.2. The molecule has 434 valence electrons. The van der Waals surface area contributed by atoms with E-state index in [1.54, 1.807) is 6.20 Å². The van der Waals surface area contributed by atoms with Gasteiger partial charge in [-0.15, -0.1) is 0 Å². The number of carbonyl (C=O) groups excluding carboxylic acids is 1. The lowest BCUT2D eigenvalue weighted by Gasteiger charge is -2.32. The van der Waals surface area contributed by atoms with Gasteiger partial charge < -0.3 is 32.3 Å². The minimum atomic E-state index is -0.00759. The number of rotatable bonds is 31. The van der Waals surface area contributed by atoms with Crippen LogP contribution in [0.3, 0.4) is 0 Å². The number of nitrogens with two attached hydrogens (primary N) is 1. The Morgan fingerprint density at radius 2 is 1.47 bits per heavy atom. The summed E-state index contributed by atoms with van der Waals surface area (Å²) in [6.45, 7) is 58.5. The predicted octanol–water partition coefficient (Wildman–Crippen LogP) is 15.0. The molecule has 3 aromatic carbocycles. The van der Waals surface area contributed by atoms with Gasteiger partial charge in [-0.25, -0.2) is 4.36 Å². The van der Waals surface area contributed by atoms with E-state index < -0.39 is 0 Å². The highest BCUT2D eigenvalue weighted by molar-refractivity contribution is 7.80. The maximum Gasteiger partial charge on any atom is 0.220 e. The Hall–Kier alpha value is -5.32. The lowest BCUT2D eigenvalue weighted by atomic mass is 9.77. The molecule has 4 rings (SSSR count). The van der Waals surface area contributed by atoms with Crippen molar-refractivity contribution in [3.8, 4) is 0 Å². The molecule has 0 aromatic heterocycles. The van der Waals surface area contributed by atoms with Crippen LogP contribution in [0.4, 0.5) is 0 Å². The van der Waals surface area contributed by atoms with Crippen molar-refractivity contribution in [2.45, 2.75) is 191 Å². The van der Waals surface area contributed by atoms with E-state index in [9.17, 15) is 4.79 Å². The third-order valence-corrected chi connectivity index (χ3v) is 15.0. The van der Waals surface area contributed by atoms with Gasteiger partial charge in [-0.05, 0) is 151 Å². The number of fused-ring (bicyclic) bond motifs is 2. The molecule has 5 unspecified atom stereocenters. The molecular weight excluding hydrogens is 995 g/mol. The number of unbranched alkanes of at least 4 members (excludes halogenated alkanes) is 1. The zero-order valence-corrected chi connectivity index (χ0v) is 52.1. The molecule has 0 fully saturated rings. The first-order chi connectivity index (χ1) is 36.3. The first-order valence-electron chi connectivity index (χ1n) is 28.4. The van der Waals surface area contributed by atoms with E-state index in [0.29, 0.717) is 35.9 Å². The second kappa shape index (κ2) is 37.5. The van der Waals surface area contributed by atoms with Crippen molar-refractivity contribution in [1.82, 2.24) is 26.6 Å². The Morgan fingerprint density at radius 1 is 0.821 bits per heavy atom. The molecule has 0 spiro atoms. The van der Waals surface area contributed by atoms with E-state index in [1.165, 1.54) is 33.0 Å². The molecule has 7 N–H and O–H groups in total. The molecule has 0 saturated heterocycles. The molecule has 0 radical (unpaired) electrons. The van der Waals surface area contributed by atoms with Gasteiger partial charge in [-0.2, -0.15) is 12.6 Å². The molecule has 0 bridgehead atoms. The molecule has 0 saturated carbocycles. The van der Waals surface area contributed by atoms with Gasteiger partial charge in [0.1, 0.15) is 0 Å².